The van der Waals surface area contributed by atoms with E-state index in [9.17, 15) is 4.79 Å². The largest absolute Gasteiger partial charge is 0.497 e. The summed E-state index contributed by atoms with van der Waals surface area (Å²) in [5, 5.41) is 9.52. The number of carbonyl (C=O) groups is 1. The van der Waals surface area contributed by atoms with E-state index < -0.39 is 0 Å². The lowest BCUT2D eigenvalue weighted by Gasteiger charge is -2.15. The molecule has 0 spiro atoms. The van der Waals surface area contributed by atoms with E-state index >= 15 is 0 Å². The van der Waals surface area contributed by atoms with E-state index in [0.29, 0.717) is 29.7 Å². The molecule has 9 nitrogen and oxygen atoms in total. The Morgan fingerprint density at radius 3 is 2.29 bits per heavy atom. The molecule has 38 heavy (non-hydrogen) atoms. The highest BCUT2D eigenvalue weighted by Gasteiger charge is 2.20. The fourth-order valence-electron chi connectivity index (χ4n) is 3.84. The summed E-state index contributed by atoms with van der Waals surface area (Å²) < 4.78 is 14.1. The van der Waals surface area contributed by atoms with Gasteiger partial charge >= 0.3 is 0 Å². The number of anilines is 4. The van der Waals surface area contributed by atoms with Crippen molar-refractivity contribution in [3.8, 4) is 11.5 Å². The zero-order valence-corrected chi connectivity index (χ0v) is 22.1. The number of hydrogen-bond donors (Lipinski definition) is 4. The molecule has 1 fully saturated rings. The second-order valence-electron chi connectivity index (χ2n) is 8.99. The summed E-state index contributed by atoms with van der Waals surface area (Å²) in [5.41, 5.74) is 3.02. The van der Waals surface area contributed by atoms with Crippen molar-refractivity contribution in [1.82, 2.24) is 15.3 Å². The van der Waals surface area contributed by atoms with Crippen molar-refractivity contribution in [2.75, 3.05) is 42.7 Å². The maximum absolute atomic E-state index is 12.3. The van der Waals surface area contributed by atoms with Gasteiger partial charge in [0.2, 0.25) is 5.91 Å². The van der Waals surface area contributed by atoms with Crippen molar-refractivity contribution in [1.29, 1.82) is 0 Å². The quantitative estimate of drug-likeness (QED) is 0.178. The minimum atomic E-state index is -0.0543. The number of rotatable bonds is 12. The number of para-hydroxylation sites is 2. The molecule has 0 bridgehead atoms. The van der Waals surface area contributed by atoms with Crippen LogP contribution in [0.5, 0.6) is 11.5 Å². The number of benzene rings is 3. The number of nitrogens with zero attached hydrogens (tertiary/aromatic N) is 2. The van der Waals surface area contributed by atoms with Gasteiger partial charge < -0.3 is 30.1 Å². The Balaban J connectivity index is 1.31. The fourth-order valence-corrected chi connectivity index (χ4v) is 4.53. The van der Waals surface area contributed by atoms with Gasteiger partial charge in [0.25, 0.3) is 0 Å². The molecule has 0 aliphatic heterocycles. The highest BCUT2D eigenvalue weighted by Crippen LogP contribution is 2.33. The second kappa shape index (κ2) is 12.0. The van der Waals surface area contributed by atoms with Crippen molar-refractivity contribution in [2.45, 2.75) is 17.7 Å². The number of aromatic nitrogens is 2. The number of amides is 1. The normalized spacial score (nSPS) is 12.7. The molecule has 4 aromatic rings. The van der Waals surface area contributed by atoms with Crippen LogP contribution in [0.3, 0.4) is 0 Å². The molecule has 5 rings (SSSR count). The van der Waals surface area contributed by atoms with Crippen molar-refractivity contribution < 1.29 is 14.3 Å². The molecular weight excluding hydrogens is 500 g/mol. The molecule has 196 valence electrons. The highest BCUT2D eigenvalue weighted by molar-refractivity contribution is 8.00. The lowest BCUT2D eigenvalue weighted by atomic mass is 10.2. The van der Waals surface area contributed by atoms with E-state index in [1.54, 1.807) is 20.3 Å². The van der Waals surface area contributed by atoms with Gasteiger partial charge in [-0.2, -0.15) is 0 Å². The van der Waals surface area contributed by atoms with Crippen LogP contribution in [0.4, 0.5) is 23.0 Å². The first kappa shape index (κ1) is 25.6. The van der Waals surface area contributed by atoms with Gasteiger partial charge in [-0.1, -0.05) is 18.2 Å². The molecule has 0 saturated heterocycles. The molecule has 10 heteroatoms. The minimum Gasteiger partial charge on any atom is -0.497 e. The van der Waals surface area contributed by atoms with Crippen molar-refractivity contribution in [3.63, 3.8) is 0 Å². The molecule has 1 saturated carbocycles. The molecule has 0 atom stereocenters. The lowest BCUT2D eigenvalue weighted by molar-refractivity contribution is -0.115. The molecule has 0 unspecified atom stereocenters. The first-order valence-electron chi connectivity index (χ1n) is 12.4. The summed E-state index contributed by atoms with van der Waals surface area (Å²) >= 11 is 1.38. The number of nitrogens with one attached hydrogen (secondary N) is 4. The minimum absolute atomic E-state index is 0.0543. The molecule has 4 N–H and O–H groups in total. The zero-order chi connectivity index (χ0) is 26.3. The summed E-state index contributed by atoms with van der Waals surface area (Å²) in [4.78, 5) is 22.8. The van der Waals surface area contributed by atoms with Crippen LogP contribution in [0, 0.1) is 5.92 Å². The van der Waals surface area contributed by atoms with Crippen LogP contribution in [0.1, 0.15) is 12.8 Å². The highest BCUT2D eigenvalue weighted by atomic mass is 32.2. The summed E-state index contributed by atoms with van der Waals surface area (Å²) in [6.45, 7) is 1.21. The van der Waals surface area contributed by atoms with Crippen LogP contribution in [0.25, 0.3) is 11.0 Å². The van der Waals surface area contributed by atoms with Gasteiger partial charge in [0.05, 0.1) is 31.8 Å². The molecule has 1 aliphatic carbocycles. The van der Waals surface area contributed by atoms with E-state index in [1.807, 2.05) is 60.7 Å². The number of methoxy groups -OCH3 is 2. The topological polar surface area (TPSA) is 109 Å². The molecule has 1 heterocycles. The van der Waals surface area contributed by atoms with E-state index in [1.165, 1.54) is 24.8 Å². The zero-order valence-electron chi connectivity index (χ0n) is 21.3. The van der Waals surface area contributed by atoms with Crippen molar-refractivity contribution in [3.05, 3.63) is 66.7 Å². The molecule has 0 radical (unpaired) electrons. The van der Waals surface area contributed by atoms with Crippen LogP contribution in [-0.4, -0.2) is 43.2 Å². The maximum atomic E-state index is 12.3. The Kier molecular flexibility index (Phi) is 8.10. The van der Waals surface area contributed by atoms with Crippen LogP contribution >= 0.6 is 11.9 Å². The molecule has 3 aromatic carbocycles. The maximum Gasteiger partial charge on any atom is 0.238 e. The Morgan fingerprint density at radius 2 is 1.61 bits per heavy atom. The Labute approximate surface area is 225 Å². The molecule has 1 aromatic heterocycles. The average molecular weight is 531 g/mol. The SMILES string of the molecule is COc1cc(Nc2nc3ccccc3nc2NSc2cccc(NC(=O)CNCC3CC3)c2)cc(OC)c1. The van der Waals surface area contributed by atoms with Gasteiger partial charge in [-0.05, 0) is 67.6 Å². The molecule has 1 aliphatic rings. The first-order chi connectivity index (χ1) is 18.6. The second-order valence-corrected chi connectivity index (χ2v) is 9.87. The van der Waals surface area contributed by atoms with Crippen molar-refractivity contribution >= 4 is 51.9 Å². The van der Waals surface area contributed by atoms with Crippen LogP contribution in [0.15, 0.2) is 71.6 Å². The predicted octanol–water partition coefficient (Wildman–Crippen LogP) is 5.45. The van der Waals surface area contributed by atoms with E-state index in [4.69, 9.17) is 19.4 Å². The molecular formula is C28H30N6O3S. The number of ether oxygens (including phenoxy) is 2. The third-order valence-corrected chi connectivity index (χ3v) is 6.77. The third-order valence-electron chi connectivity index (χ3n) is 5.98. The van der Waals surface area contributed by atoms with Crippen LogP contribution in [-0.2, 0) is 4.79 Å². The molecule has 1 amide bonds. The summed E-state index contributed by atoms with van der Waals surface area (Å²) in [6.07, 6.45) is 2.51. The van der Waals surface area contributed by atoms with E-state index in [2.05, 4.69) is 20.7 Å². The number of fused-ring (bicyclic) bond motifs is 1. The first-order valence-corrected chi connectivity index (χ1v) is 13.2. The van der Waals surface area contributed by atoms with Gasteiger partial charge in [0, 0.05) is 34.5 Å². The van der Waals surface area contributed by atoms with Gasteiger partial charge in [-0.15, -0.1) is 0 Å². The number of carbonyl (C=O) groups excluding carboxylic acids is 1. The van der Waals surface area contributed by atoms with Crippen LogP contribution in [0.2, 0.25) is 0 Å². The monoisotopic (exact) mass is 530 g/mol. The van der Waals surface area contributed by atoms with Gasteiger partial charge in [0.15, 0.2) is 11.6 Å². The Morgan fingerprint density at radius 1 is 0.895 bits per heavy atom. The summed E-state index contributed by atoms with van der Waals surface area (Å²) in [7, 11) is 3.22. The average Bonchev–Trinajstić information content (AvgIpc) is 3.76. The van der Waals surface area contributed by atoms with E-state index in [0.717, 1.165) is 39.8 Å². The van der Waals surface area contributed by atoms with Gasteiger partial charge in [-0.3, -0.25) is 4.79 Å². The van der Waals surface area contributed by atoms with E-state index in [-0.39, 0.29) is 5.91 Å². The third kappa shape index (κ3) is 6.84. The van der Waals surface area contributed by atoms with Crippen molar-refractivity contribution in [2.24, 2.45) is 5.92 Å². The standard InChI is InChI=1S/C28H30N6O3S/c1-36-21-12-20(13-22(15-21)37-2)31-27-28(33-25-9-4-3-8-24(25)32-27)34-38-23-7-5-6-19(14-23)30-26(35)17-29-16-18-10-11-18/h3-9,12-15,18,29H,10-11,16-17H2,1-2H3,(H,30,35)(H,31,32)(H,33,34). The summed E-state index contributed by atoms with van der Waals surface area (Å²) in [6, 6.07) is 20.9. The Hall–Kier alpha value is -4.02. The predicted molar refractivity (Wildman–Crippen MR) is 153 cm³/mol. The summed E-state index contributed by atoms with van der Waals surface area (Å²) in [5.74, 6) is 3.11. The van der Waals surface area contributed by atoms with Crippen LogP contribution < -0.4 is 30.1 Å². The number of hydrogen-bond acceptors (Lipinski definition) is 9. The van der Waals surface area contributed by atoms with Gasteiger partial charge in [0.1, 0.15) is 11.5 Å². The Bertz CT molecular complexity index is 1410. The lowest BCUT2D eigenvalue weighted by Crippen LogP contribution is -2.29. The van der Waals surface area contributed by atoms with Gasteiger partial charge in [-0.25, -0.2) is 9.97 Å². The fraction of sp³-hybridized carbons (Fsp3) is 0.250. The smallest absolute Gasteiger partial charge is 0.238 e.